The molecule has 1 aliphatic rings. The predicted octanol–water partition coefficient (Wildman–Crippen LogP) is 5.07. The van der Waals surface area contributed by atoms with Gasteiger partial charge in [0.05, 0.1) is 14.2 Å². The van der Waals surface area contributed by atoms with Crippen molar-refractivity contribution in [2.24, 2.45) is 0 Å². The second kappa shape index (κ2) is 9.33. The van der Waals surface area contributed by atoms with Crippen molar-refractivity contribution in [2.45, 2.75) is 18.4 Å². The summed E-state index contributed by atoms with van der Waals surface area (Å²) in [5.41, 5.74) is 2.22. The third-order valence-corrected chi connectivity index (χ3v) is 5.81. The lowest BCUT2D eigenvalue weighted by molar-refractivity contribution is -0.0465. The summed E-state index contributed by atoms with van der Waals surface area (Å²) in [6.45, 7) is 2.67. The highest BCUT2D eigenvalue weighted by atomic mass is 16.5. The first-order chi connectivity index (χ1) is 14.8. The lowest BCUT2D eigenvalue weighted by atomic mass is 9.79. The molecule has 156 valence electrons. The normalized spacial score (nSPS) is 14.6. The zero-order chi connectivity index (χ0) is 20.8. The van der Waals surface area contributed by atoms with Crippen LogP contribution in [0.5, 0.6) is 11.5 Å². The highest BCUT2D eigenvalue weighted by Crippen LogP contribution is 2.47. The van der Waals surface area contributed by atoms with Gasteiger partial charge in [-0.25, -0.2) is 0 Å². The lowest BCUT2D eigenvalue weighted by Gasteiger charge is -2.38. The maximum absolute atomic E-state index is 6.90. The van der Waals surface area contributed by atoms with E-state index in [-0.39, 0.29) is 0 Å². The number of ether oxygens (including phenoxy) is 3. The molecule has 0 aliphatic carbocycles. The minimum atomic E-state index is -0.828. The standard InChI is InChI=1S/C26H29NO3/c1-28-24-17-11-16-23(25(24)29-2)26(21-12-5-3-6-13-21,22-14-7-4-8-15-22)30-20-27-18-9-10-19-27/h3-8,11-17H,9-10,18-20H2,1-2H3. The van der Waals surface area contributed by atoms with E-state index in [0.29, 0.717) is 18.2 Å². The summed E-state index contributed by atoms with van der Waals surface area (Å²) in [7, 11) is 3.35. The molecule has 0 aromatic heterocycles. The van der Waals surface area contributed by atoms with Crippen LogP contribution in [0.2, 0.25) is 0 Å². The van der Waals surface area contributed by atoms with Crippen LogP contribution >= 0.6 is 0 Å². The molecule has 1 fully saturated rings. The van der Waals surface area contributed by atoms with Gasteiger partial charge < -0.3 is 14.2 Å². The van der Waals surface area contributed by atoms with Gasteiger partial charge in [-0.1, -0.05) is 72.8 Å². The van der Waals surface area contributed by atoms with E-state index in [0.717, 1.165) is 29.8 Å². The molecule has 0 bridgehead atoms. The van der Waals surface area contributed by atoms with Gasteiger partial charge in [-0.15, -0.1) is 0 Å². The fourth-order valence-corrected chi connectivity index (χ4v) is 4.33. The van der Waals surface area contributed by atoms with Crippen LogP contribution in [0.4, 0.5) is 0 Å². The van der Waals surface area contributed by atoms with Crippen LogP contribution in [0, 0.1) is 0 Å². The number of methoxy groups -OCH3 is 2. The fraction of sp³-hybridized carbons (Fsp3) is 0.308. The second-order valence-electron chi connectivity index (χ2n) is 7.55. The van der Waals surface area contributed by atoms with E-state index in [1.807, 2.05) is 24.3 Å². The molecule has 3 aromatic rings. The molecular weight excluding hydrogens is 374 g/mol. The molecule has 4 heteroatoms. The molecule has 4 nitrogen and oxygen atoms in total. The summed E-state index contributed by atoms with van der Waals surface area (Å²) in [5.74, 6) is 1.38. The average molecular weight is 404 g/mol. The topological polar surface area (TPSA) is 30.9 Å². The first kappa shape index (κ1) is 20.5. The fourth-order valence-electron chi connectivity index (χ4n) is 4.33. The minimum Gasteiger partial charge on any atom is -0.493 e. The molecule has 0 amide bonds. The number of rotatable bonds is 8. The van der Waals surface area contributed by atoms with Gasteiger partial charge in [0, 0.05) is 18.7 Å². The summed E-state index contributed by atoms with van der Waals surface area (Å²) in [6, 6.07) is 26.8. The number of nitrogens with zero attached hydrogens (tertiary/aromatic N) is 1. The van der Waals surface area contributed by atoms with Crippen LogP contribution in [-0.2, 0) is 10.3 Å². The molecule has 0 spiro atoms. The van der Waals surface area contributed by atoms with E-state index in [4.69, 9.17) is 14.2 Å². The van der Waals surface area contributed by atoms with Crippen LogP contribution in [-0.4, -0.2) is 38.9 Å². The van der Waals surface area contributed by atoms with Crippen LogP contribution < -0.4 is 9.47 Å². The Balaban J connectivity index is 1.95. The Hall–Kier alpha value is -2.82. The largest absolute Gasteiger partial charge is 0.493 e. The highest BCUT2D eigenvalue weighted by molar-refractivity contribution is 5.57. The van der Waals surface area contributed by atoms with Gasteiger partial charge in [-0.3, -0.25) is 4.90 Å². The molecule has 1 aliphatic heterocycles. The maximum atomic E-state index is 6.90. The zero-order valence-electron chi connectivity index (χ0n) is 17.7. The van der Waals surface area contributed by atoms with Crippen LogP contribution in [0.15, 0.2) is 78.9 Å². The summed E-state index contributed by atoms with van der Waals surface area (Å²) in [5, 5.41) is 0. The van der Waals surface area contributed by atoms with Gasteiger partial charge in [0.25, 0.3) is 0 Å². The Bertz CT molecular complexity index is 898. The van der Waals surface area contributed by atoms with Crippen LogP contribution in [0.1, 0.15) is 29.5 Å². The Morgan fingerprint density at radius 3 is 1.87 bits per heavy atom. The van der Waals surface area contributed by atoms with Crippen molar-refractivity contribution < 1.29 is 14.2 Å². The molecule has 3 aromatic carbocycles. The van der Waals surface area contributed by atoms with Gasteiger partial charge in [0.15, 0.2) is 11.5 Å². The van der Waals surface area contributed by atoms with Gasteiger partial charge in [-0.2, -0.15) is 0 Å². The van der Waals surface area contributed by atoms with Gasteiger partial charge in [0.2, 0.25) is 0 Å². The third kappa shape index (κ3) is 3.81. The average Bonchev–Trinajstić information content (AvgIpc) is 3.34. The molecule has 0 atom stereocenters. The van der Waals surface area contributed by atoms with E-state index in [9.17, 15) is 0 Å². The van der Waals surface area contributed by atoms with Crippen molar-refractivity contribution in [1.29, 1.82) is 0 Å². The van der Waals surface area contributed by atoms with E-state index in [1.165, 1.54) is 12.8 Å². The first-order valence-electron chi connectivity index (χ1n) is 10.5. The van der Waals surface area contributed by atoms with E-state index < -0.39 is 5.60 Å². The summed E-state index contributed by atoms with van der Waals surface area (Å²) in [4.78, 5) is 2.37. The van der Waals surface area contributed by atoms with Gasteiger partial charge in [-0.05, 0) is 30.0 Å². The monoisotopic (exact) mass is 403 g/mol. The lowest BCUT2D eigenvalue weighted by Crippen LogP contribution is -2.37. The molecule has 0 N–H and O–H groups in total. The highest BCUT2D eigenvalue weighted by Gasteiger charge is 2.41. The zero-order valence-corrected chi connectivity index (χ0v) is 17.7. The Morgan fingerprint density at radius 1 is 0.733 bits per heavy atom. The minimum absolute atomic E-state index is 0.546. The van der Waals surface area contributed by atoms with Crippen LogP contribution in [0.25, 0.3) is 0 Å². The molecule has 0 saturated carbocycles. The number of hydrogen-bond acceptors (Lipinski definition) is 4. The van der Waals surface area contributed by atoms with Crippen molar-refractivity contribution >= 4 is 0 Å². The van der Waals surface area contributed by atoms with Crippen molar-refractivity contribution in [1.82, 2.24) is 4.90 Å². The Kier molecular flexibility index (Phi) is 6.36. The van der Waals surface area contributed by atoms with Crippen molar-refractivity contribution in [2.75, 3.05) is 34.0 Å². The van der Waals surface area contributed by atoms with E-state index in [2.05, 4.69) is 59.5 Å². The first-order valence-corrected chi connectivity index (χ1v) is 10.5. The second-order valence-corrected chi connectivity index (χ2v) is 7.55. The van der Waals surface area contributed by atoms with Gasteiger partial charge in [0.1, 0.15) is 12.3 Å². The molecule has 0 unspecified atom stereocenters. The van der Waals surface area contributed by atoms with Crippen molar-refractivity contribution in [3.63, 3.8) is 0 Å². The number of benzene rings is 3. The summed E-state index contributed by atoms with van der Waals surface area (Å²) in [6.07, 6.45) is 2.44. The van der Waals surface area contributed by atoms with Crippen molar-refractivity contribution in [3.8, 4) is 11.5 Å². The Labute approximate surface area is 179 Å². The van der Waals surface area contributed by atoms with Crippen LogP contribution in [0.3, 0.4) is 0 Å². The third-order valence-electron chi connectivity index (χ3n) is 5.81. The maximum Gasteiger partial charge on any atom is 0.167 e. The smallest absolute Gasteiger partial charge is 0.167 e. The Morgan fingerprint density at radius 2 is 1.33 bits per heavy atom. The molecule has 30 heavy (non-hydrogen) atoms. The quantitative estimate of drug-likeness (QED) is 0.492. The van der Waals surface area contributed by atoms with Crippen molar-refractivity contribution in [3.05, 3.63) is 95.6 Å². The number of para-hydroxylation sites is 1. The summed E-state index contributed by atoms with van der Waals surface area (Å²) < 4.78 is 18.4. The van der Waals surface area contributed by atoms with E-state index >= 15 is 0 Å². The molecular formula is C26H29NO3. The molecule has 1 saturated heterocycles. The molecule has 4 rings (SSSR count). The summed E-state index contributed by atoms with van der Waals surface area (Å²) >= 11 is 0. The molecule has 0 radical (unpaired) electrons. The SMILES string of the molecule is COc1cccc(C(OCN2CCCC2)(c2ccccc2)c2ccccc2)c1OC. The number of likely N-dealkylation sites (tertiary alicyclic amines) is 1. The van der Waals surface area contributed by atoms with E-state index in [1.54, 1.807) is 14.2 Å². The molecule has 1 heterocycles. The predicted molar refractivity (Wildman–Crippen MR) is 119 cm³/mol. The van der Waals surface area contributed by atoms with Gasteiger partial charge >= 0.3 is 0 Å². The number of hydrogen-bond donors (Lipinski definition) is 0.